The molecule has 1 aromatic heterocycles. The zero-order chi connectivity index (χ0) is 17.2. The van der Waals surface area contributed by atoms with E-state index in [2.05, 4.69) is 15.3 Å². The number of aromatic amines is 1. The molecular formula is C19H23N5O. The van der Waals surface area contributed by atoms with Crippen LogP contribution in [0.1, 0.15) is 48.2 Å². The second-order valence-electron chi connectivity index (χ2n) is 6.86. The van der Waals surface area contributed by atoms with Crippen molar-refractivity contribution in [3.05, 3.63) is 47.8 Å². The van der Waals surface area contributed by atoms with Crippen LogP contribution in [0.3, 0.4) is 0 Å². The van der Waals surface area contributed by atoms with E-state index < -0.39 is 0 Å². The van der Waals surface area contributed by atoms with Gasteiger partial charge in [0, 0.05) is 55.1 Å². The number of carbonyl (C=O) groups excluding carboxylic acids is 1. The SMILES string of the molecule is CC1=NN(c2ccc(C(=O)N3CCC[C@H](c4ccn[nH]4)C3)cc2)CC1. The lowest BCUT2D eigenvalue weighted by molar-refractivity contribution is 0.0706. The Morgan fingerprint density at radius 2 is 2.04 bits per heavy atom. The molecule has 1 amide bonds. The summed E-state index contributed by atoms with van der Waals surface area (Å²) in [6.45, 7) is 4.53. The number of hydrazone groups is 1. The molecule has 0 saturated carbocycles. The fourth-order valence-corrected chi connectivity index (χ4v) is 3.63. The number of anilines is 1. The summed E-state index contributed by atoms with van der Waals surface area (Å²) in [5, 5.41) is 13.6. The van der Waals surface area contributed by atoms with E-state index >= 15 is 0 Å². The van der Waals surface area contributed by atoms with Crippen LogP contribution in [0.5, 0.6) is 0 Å². The minimum Gasteiger partial charge on any atom is -0.338 e. The summed E-state index contributed by atoms with van der Waals surface area (Å²) in [7, 11) is 0. The Kier molecular flexibility index (Phi) is 4.26. The highest BCUT2D eigenvalue weighted by Crippen LogP contribution is 2.27. The van der Waals surface area contributed by atoms with Crippen LogP contribution in [0.25, 0.3) is 0 Å². The van der Waals surface area contributed by atoms with Crippen LogP contribution in [-0.4, -0.2) is 46.4 Å². The standard InChI is InChI=1S/C19H23N5O/c1-14-9-12-24(22-14)17-6-4-15(5-7-17)19(25)23-11-2-3-16(13-23)18-8-10-20-21-18/h4-8,10,16H,2-3,9,11-13H2,1H3,(H,20,21)/t16-/m0/s1. The van der Waals surface area contributed by atoms with Crippen molar-refractivity contribution in [2.75, 3.05) is 24.6 Å². The molecule has 1 saturated heterocycles. The first kappa shape index (κ1) is 15.9. The van der Waals surface area contributed by atoms with Crippen LogP contribution in [0.4, 0.5) is 5.69 Å². The molecule has 1 aromatic carbocycles. The van der Waals surface area contributed by atoms with Crippen LogP contribution in [0, 0.1) is 0 Å². The van der Waals surface area contributed by atoms with Gasteiger partial charge in [-0.3, -0.25) is 14.9 Å². The molecule has 6 nitrogen and oxygen atoms in total. The summed E-state index contributed by atoms with van der Waals surface area (Å²) >= 11 is 0. The Labute approximate surface area is 147 Å². The Bertz CT molecular complexity index is 766. The van der Waals surface area contributed by atoms with E-state index in [9.17, 15) is 4.79 Å². The van der Waals surface area contributed by atoms with Crippen molar-refractivity contribution in [1.29, 1.82) is 0 Å². The molecule has 1 atom stereocenters. The van der Waals surface area contributed by atoms with Gasteiger partial charge in [-0.25, -0.2) is 0 Å². The molecule has 4 rings (SSSR count). The Morgan fingerprint density at radius 3 is 2.72 bits per heavy atom. The van der Waals surface area contributed by atoms with Crippen molar-refractivity contribution in [1.82, 2.24) is 15.1 Å². The van der Waals surface area contributed by atoms with Crippen LogP contribution in [0.2, 0.25) is 0 Å². The summed E-state index contributed by atoms with van der Waals surface area (Å²) < 4.78 is 0. The smallest absolute Gasteiger partial charge is 0.253 e. The van der Waals surface area contributed by atoms with Crippen molar-refractivity contribution in [2.45, 2.75) is 32.1 Å². The number of nitrogens with zero attached hydrogens (tertiary/aromatic N) is 4. The highest BCUT2D eigenvalue weighted by molar-refractivity contribution is 5.94. The van der Waals surface area contributed by atoms with Gasteiger partial charge in [-0.05, 0) is 50.1 Å². The summed E-state index contributed by atoms with van der Waals surface area (Å²) in [5.74, 6) is 0.457. The van der Waals surface area contributed by atoms with Gasteiger partial charge in [0.25, 0.3) is 5.91 Å². The molecule has 0 spiro atoms. The first-order valence-electron chi connectivity index (χ1n) is 8.91. The maximum absolute atomic E-state index is 12.9. The van der Waals surface area contributed by atoms with E-state index in [1.807, 2.05) is 47.2 Å². The summed E-state index contributed by atoms with van der Waals surface area (Å²) in [6.07, 6.45) is 4.90. The fourth-order valence-electron chi connectivity index (χ4n) is 3.63. The van der Waals surface area contributed by atoms with Gasteiger partial charge in [0.2, 0.25) is 0 Å². The molecule has 0 radical (unpaired) electrons. The quantitative estimate of drug-likeness (QED) is 0.936. The van der Waals surface area contributed by atoms with Crippen molar-refractivity contribution in [3.63, 3.8) is 0 Å². The molecule has 6 heteroatoms. The zero-order valence-corrected chi connectivity index (χ0v) is 14.5. The minimum absolute atomic E-state index is 0.108. The summed E-state index contributed by atoms with van der Waals surface area (Å²) in [5.41, 5.74) is 4.06. The molecule has 25 heavy (non-hydrogen) atoms. The van der Waals surface area contributed by atoms with Crippen LogP contribution in [0.15, 0.2) is 41.6 Å². The van der Waals surface area contributed by atoms with E-state index in [4.69, 9.17) is 0 Å². The van der Waals surface area contributed by atoms with Crippen LogP contribution >= 0.6 is 0 Å². The monoisotopic (exact) mass is 337 g/mol. The number of hydrogen-bond acceptors (Lipinski definition) is 4. The Morgan fingerprint density at radius 1 is 1.20 bits per heavy atom. The van der Waals surface area contributed by atoms with E-state index in [1.54, 1.807) is 6.20 Å². The van der Waals surface area contributed by atoms with Gasteiger partial charge in [-0.2, -0.15) is 10.2 Å². The minimum atomic E-state index is 0.108. The van der Waals surface area contributed by atoms with Crippen LogP contribution in [-0.2, 0) is 0 Å². The van der Waals surface area contributed by atoms with E-state index in [0.717, 1.165) is 61.6 Å². The number of carbonyl (C=O) groups is 1. The number of benzene rings is 1. The molecule has 0 aliphatic carbocycles. The predicted molar refractivity (Wildman–Crippen MR) is 98.0 cm³/mol. The predicted octanol–water partition coefficient (Wildman–Crippen LogP) is 3.02. The molecule has 1 fully saturated rings. The number of H-pyrrole nitrogens is 1. The average molecular weight is 337 g/mol. The summed E-state index contributed by atoms with van der Waals surface area (Å²) in [4.78, 5) is 14.8. The largest absolute Gasteiger partial charge is 0.338 e. The van der Waals surface area contributed by atoms with Gasteiger partial charge in [-0.1, -0.05) is 0 Å². The van der Waals surface area contributed by atoms with Gasteiger partial charge in [-0.15, -0.1) is 0 Å². The maximum atomic E-state index is 12.9. The summed E-state index contributed by atoms with van der Waals surface area (Å²) in [6, 6.07) is 9.82. The third kappa shape index (κ3) is 3.29. The van der Waals surface area contributed by atoms with Gasteiger partial charge < -0.3 is 4.90 Å². The lowest BCUT2D eigenvalue weighted by Gasteiger charge is -2.32. The molecule has 130 valence electrons. The topological polar surface area (TPSA) is 64.6 Å². The van der Waals surface area contributed by atoms with Gasteiger partial charge >= 0.3 is 0 Å². The molecule has 0 unspecified atom stereocenters. The third-order valence-electron chi connectivity index (χ3n) is 5.06. The Hall–Kier alpha value is -2.63. The third-order valence-corrected chi connectivity index (χ3v) is 5.06. The molecule has 3 heterocycles. The number of aromatic nitrogens is 2. The first-order chi connectivity index (χ1) is 12.2. The van der Waals surface area contributed by atoms with Gasteiger partial charge in [0.15, 0.2) is 0 Å². The molecular weight excluding hydrogens is 314 g/mol. The van der Waals surface area contributed by atoms with Crippen LogP contribution < -0.4 is 5.01 Å². The molecule has 2 aliphatic heterocycles. The van der Waals surface area contributed by atoms with E-state index in [0.29, 0.717) is 5.92 Å². The second kappa shape index (κ2) is 6.70. The fraction of sp³-hybridized carbons (Fsp3) is 0.421. The highest BCUT2D eigenvalue weighted by atomic mass is 16.2. The maximum Gasteiger partial charge on any atom is 0.253 e. The molecule has 0 bridgehead atoms. The van der Waals surface area contributed by atoms with E-state index in [1.165, 1.54) is 0 Å². The van der Waals surface area contributed by atoms with Crippen molar-refractivity contribution in [2.24, 2.45) is 5.10 Å². The number of hydrogen-bond donors (Lipinski definition) is 1. The van der Waals surface area contributed by atoms with Crippen molar-refractivity contribution < 1.29 is 4.79 Å². The second-order valence-corrected chi connectivity index (χ2v) is 6.86. The number of nitrogens with one attached hydrogen (secondary N) is 1. The molecule has 1 N–H and O–H groups in total. The zero-order valence-electron chi connectivity index (χ0n) is 14.5. The molecule has 2 aromatic rings. The number of piperidine rings is 1. The highest BCUT2D eigenvalue weighted by Gasteiger charge is 2.26. The lowest BCUT2D eigenvalue weighted by atomic mass is 9.94. The van der Waals surface area contributed by atoms with Crippen molar-refractivity contribution in [3.8, 4) is 0 Å². The Balaban J connectivity index is 1.45. The normalized spacial score (nSPS) is 20.7. The van der Waals surface area contributed by atoms with E-state index in [-0.39, 0.29) is 5.91 Å². The first-order valence-corrected chi connectivity index (χ1v) is 8.91. The number of amides is 1. The van der Waals surface area contributed by atoms with Crippen molar-refractivity contribution >= 4 is 17.3 Å². The lowest BCUT2D eigenvalue weighted by Crippen LogP contribution is -2.39. The number of rotatable bonds is 3. The molecule has 2 aliphatic rings. The average Bonchev–Trinajstić information content (AvgIpc) is 3.33. The van der Waals surface area contributed by atoms with Gasteiger partial charge in [0.05, 0.1) is 5.69 Å². The van der Waals surface area contributed by atoms with Gasteiger partial charge in [0.1, 0.15) is 0 Å². The number of likely N-dealkylation sites (tertiary alicyclic amines) is 1.